The summed E-state index contributed by atoms with van der Waals surface area (Å²) >= 11 is 5.75. The van der Waals surface area contributed by atoms with Crippen LogP contribution in [0.25, 0.3) is 12.7 Å². The second-order valence-corrected chi connectivity index (χ2v) is 6.86. The van der Waals surface area contributed by atoms with Crippen molar-refractivity contribution in [2.24, 2.45) is 0 Å². The van der Waals surface area contributed by atoms with Crippen molar-refractivity contribution in [2.75, 3.05) is 10.6 Å². The smallest absolute Gasteiger partial charge is 0.255 e. The first-order valence-corrected chi connectivity index (χ1v) is 9.36. The van der Waals surface area contributed by atoms with Crippen LogP contribution < -0.4 is 21.3 Å². The molecule has 0 aliphatic rings. The lowest BCUT2D eigenvalue weighted by Gasteiger charge is -2.16. The lowest BCUT2D eigenvalue weighted by atomic mass is 10.1. The van der Waals surface area contributed by atoms with Crippen molar-refractivity contribution in [1.82, 2.24) is 9.97 Å². The average Bonchev–Trinajstić information content (AvgIpc) is 2.70. The van der Waals surface area contributed by atoms with Crippen LogP contribution in [0.2, 0.25) is 5.02 Å². The lowest BCUT2D eigenvalue weighted by Crippen LogP contribution is -2.30. The van der Waals surface area contributed by atoms with Crippen molar-refractivity contribution in [3.8, 4) is 0 Å². The van der Waals surface area contributed by atoms with E-state index in [2.05, 4.69) is 27.2 Å². The largest absolute Gasteiger partial charge is 0.362 e. The number of anilines is 2. The van der Waals surface area contributed by atoms with Gasteiger partial charge in [0, 0.05) is 11.3 Å². The van der Waals surface area contributed by atoms with Gasteiger partial charge in [0.1, 0.15) is 11.6 Å². The van der Waals surface area contributed by atoms with Gasteiger partial charge in [0.15, 0.2) is 0 Å². The molecule has 1 amide bonds. The van der Waals surface area contributed by atoms with Gasteiger partial charge >= 0.3 is 0 Å². The molecule has 0 bridgehead atoms. The molecule has 2 N–H and O–H groups in total. The fourth-order valence-electron chi connectivity index (χ4n) is 2.78. The fourth-order valence-corrected chi connectivity index (χ4v) is 2.96. The van der Waals surface area contributed by atoms with Crippen molar-refractivity contribution in [3.05, 3.63) is 81.3 Å². The molecule has 2 aromatic carbocycles. The van der Waals surface area contributed by atoms with Crippen molar-refractivity contribution in [3.63, 3.8) is 0 Å². The third-order valence-corrected chi connectivity index (χ3v) is 4.63. The van der Waals surface area contributed by atoms with E-state index in [0.717, 1.165) is 10.9 Å². The van der Waals surface area contributed by atoms with Crippen molar-refractivity contribution in [2.45, 2.75) is 19.9 Å². The van der Waals surface area contributed by atoms with Crippen molar-refractivity contribution >= 4 is 41.7 Å². The van der Waals surface area contributed by atoms with Crippen LogP contribution in [0.3, 0.4) is 0 Å². The molecular formula is C22H20ClFN4O. The van der Waals surface area contributed by atoms with E-state index in [4.69, 9.17) is 11.6 Å². The molecule has 0 fully saturated rings. The van der Waals surface area contributed by atoms with Crippen LogP contribution in [0, 0.1) is 5.82 Å². The molecule has 0 saturated carbocycles. The fraction of sp³-hybridized carbons (Fsp3) is 0.136. The summed E-state index contributed by atoms with van der Waals surface area (Å²) in [5.41, 5.74) is 1.83. The highest BCUT2D eigenvalue weighted by Gasteiger charge is 2.11. The Kier molecular flexibility index (Phi) is 6.24. The highest BCUT2D eigenvalue weighted by molar-refractivity contribution is 6.31. The minimum atomic E-state index is -0.566. The van der Waals surface area contributed by atoms with Crippen molar-refractivity contribution in [1.29, 1.82) is 0 Å². The second kappa shape index (κ2) is 8.84. The molecule has 0 radical (unpaired) electrons. The molecule has 1 atom stereocenters. The summed E-state index contributed by atoms with van der Waals surface area (Å²) in [4.78, 5) is 21.1. The van der Waals surface area contributed by atoms with Gasteiger partial charge in [-0.05, 0) is 49.7 Å². The first-order valence-electron chi connectivity index (χ1n) is 8.98. The molecule has 1 aromatic heterocycles. The van der Waals surface area contributed by atoms with Crippen LogP contribution in [-0.2, 0) is 0 Å². The van der Waals surface area contributed by atoms with Crippen molar-refractivity contribution < 1.29 is 9.18 Å². The molecule has 3 rings (SSSR count). The Labute approximate surface area is 173 Å². The maximum Gasteiger partial charge on any atom is 0.255 e. The molecule has 3 aromatic rings. The second-order valence-electron chi connectivity index (χ2n) is 6.45. The summed E-state index contributed by atoms with van der Waals surface area (Å²) < 4.78 is 13.3. The van der Waals surface area contributed by atoms with Gasteiger partial charge in [-0.3, -0.25) is 9.78 Å². The molecule has 0 saturated heterocycles. The first-order chi connectivity index (χ1) is 13.9. The maximum absolute atomic E-state index is 13.3. The SMILES string of the molecule is C=c1nc(NC(C)c2cccc(NC(=O)c3ccc(F)c(Cl)c3)c2)cn/c1=C/C. The molecule has 148 valence electrons. The summed E-state index contributed by atoms with van der Waals surface area (Å²) in [5.74, 6) is -0.323. The molecular weight excluding hydrogens is 391 g/mol. The number of carbonyl (C=O) groups is 1. The monoisotopic (exact) mass is 410 g/mol. The Hall–Kier alpha value is -3.25. The van der Waals surface area contributed by atoms with Gasteiger partial charge in [0.25, 0.3) is 5.91 Å². The molecule has 0 aliphatic heterocycles. The average molecular weight is 411 g/mol. The predicted molar refractivity (Wildman–Crippen MR) is 115 cm³/mol. The predicted octanol–water partition coefficient (Wildman–Crippen LogP) is 3.91. The van der Waals surface area contributed by atoms with E-state index < -0.39 is 5.82 Å². The number of amides is 1. The summed E-state index contributed by atoms with van der Waals surface area (Å²) in [7, 11) is 0. The molecule has 7 heteroatoms. The highest BCUT2D eigenvalue weighted by atomic mass is 35.5. The number of benzene rings is 2. The zero-order valence-electron chi connectivity index (χ0n) is 16.0. The van der Waals surface area contributed by atoms with E-state index in [0.29, 0.717) is 16.9 Å². The van der Waals surface area contributed by atoms with E-state index >= 15 is 0 Å². The van der Waals surface area contributed by atoms with E-state index in [1.807, 2.05) is 38.1 Å². The number of nitrogens with one attached hydrogen (secondary N) is 2. The van der Waals surface area contributed by atoms with Crippen LogP contribution >= 0.6 is 11.6 Å². The molecule has 0 aliphatic carbocycles. The van der Waals surface area contributed by atoms with Crippen LogP contribution in [0.15, 0.2) is 48.7 Å². The van der Waals surface area contributed by atoms with Crippen LogP contribution in [-0.4, -0.2) is 15.9 Å². The number of carbonyl (C=O) groups excluding carboxylic acids is 1. The third-order valence-electron chi connectivity index (χ3n) is 4.34. The van der Waals surface area contributed by atoms with Crippen LogP contribution in [0.4, 0.5) is 15.9 Å². The molecule has 29 heavy (non-hydrogen) atoms. The van der Waals surface area contributed by atoms with E-state index in [1.165, 1.54) is 18.2 Å². The van der Waals surface area contributed by atoms with E-state index in [1.54, 1.807) is 12.3 Å². The Bertz CT molecular complexity index is 1170. The van der Waals surface area contributed by atoms with Crippen LogP contribution in [0.5, 0.6) is 0 Å². The minimum Gasteiger partial charge on any atom is -0.362 e. The lowest BCUT2D eigenvalue weighted by molar-refractivity contribution is 0.102. The third kappa shape index (κ3) is 4.97. The zero-order chi connectivity index (χ0) is 21.0. The summed E-state index contributed by atoms with van der Waals surface area (Å²) in [5, 5.41) is 7.32. The van der Waals surface area contributed by atoms with Gasteiger partial charge in [-0.25, -0.2) is 9.37 Å². The normalized spacial score (nSPS) is 12.5. The first kappa shape index (κ1) is 20.5. The highest BCUT2D eigenvalue weighted by Crippen LogP contribution is 2.22. The molecule has 1 heterocycles. The maximum atomic E-state index is 13.3. The zero-order valence-corrected chi connectivity index (χ0v) is 16.8. The van der Waals surface area contributed by atoms with Gasteiger partial charge in [-0.1, -0.05) is 36.4 Å². The van der Waals surface area contributed by atoms with Gasteiger partial charge in [0.2, 0.25) is 0 Å². The van der Waals surface area contributed by atoms with Gasteiger partial charge in [-0.15, -0.1) is 0 Å². The Morgan fingerprint density at radius 1 is 1.28 bits per heavy atom. The summed E-state index contributed by atoms with van der Waals surface area (Å²) in [6.45, 7) is 7.75. The summed E-state index contributed by atoms with van der Waals surface area (Å²) in [6.07, 6.45) is 3.51. The molecule has 5 nitrogen and oxygen atoms in total. The number of halogens is 2. The number of rotatable bonds is 5. The minimum absolute atomic E-state index is 0.0859. The topological polar surface area (TPSA) is 66.9 Å². The standard InChI is InChI=1S/C22H20ClFN4O/c1-4-20-14(3)27-21(12-25-20)26-13(2)15-6-5-7-17(10-15)28-22(29)16-8-9-19(24)18(23)11-16/h4-13H,3H2,1-2H3,(H,26,27)(H,28,29)/b20-4+. The van der Waals surface area contributed by atoms with Crippen LogP contribution in [0.1, 0.15) is 35.8 Å². The number of nitrogens with zero attached hydrogens (tertiary/aromatic N) is 2. The quantitative estimate of drug-likeness (QED) is 0.669. The van der Waals surface area contributed by atoms with Gasteiger partial charge in [-0.2, -0.15) is 0 Å². The number of hydrogen-bond acceptors (Lipinski definition) is 4. The Morgan fingerprint density at radius 2 is 2.07 bits per heavy atom. The number of aromatic nitrogens is 2. The molecule has 0 spiro atoms. The van der Waals surface area contributed by atoms with Gasteiger partial charge < -0.3 is 10.6 Å². The van der Waals surface area contributed by atoms with E-state index in [-0.39, 0.29) is 22.5 Å². The summed E-state index contributed by atoms with van der Waals surface area (Å²) in [6, 6.07) is 11.2. The Morgan fingerprint density at radius 3 is 2.76 bits per heavy atom. The Balaban J connectivity index is 1.74. The number of hydrogen-bond donors (Lipinski definition) is 2. The van der Waals surface area contributed by atoms with E-state index in [9.17, 15) is 9.18 Å². The van der Waals surface area contributed by atoms with Gasteiger partial charge in [0.05, 0.1) is 28.0 Å². The molecule has 1 unspecified atom stereocenters.